The van der Waals surface area contributed by atoms with Crippen molar-refractivity contribution in [1.29, 1.82) is 0 Å². The number of primary amides is 1. The van der Waals surface area contributed by atoms with Crippen LogP contribution < -0.4 is 5.73 Å². The lowest BCUT2D eigenvalue weighted by atomic mass is 9.85. The van der Waals surface area contributed by atoms with Gasteiger partial charge in [-0.1, -0.05) is 13.8 Å². The van der Waals surface area contributed by atoms with Gasteiger partial charge in [0.2, 0.25) is 0 Å². The molecule has 3 atom stereocenters. The van der Waals surface area contributed by atoms with Gasteiger partial charge in [0.25, 0.3) is 0 Å². The van der Waals surface area contributed by atoms with Crippen molar-refractivity contribution >= 4 is 12.0 Å². The van der Waals surface area contributed by atoms with Crippen molar-refractivity contribution in [1.82, 2.24) is 4.90 Å². The Kier molecular flexibility index (Phi) is 2.98. The van der Waals surface area contributed by atoms with Crippen LogP contribution in [-0.2, 0) is 4.79 Å². The van der Waals surface area contributed by atoms with Crippen LogP contribution >= 0.6 is 0 Å². The summed E-state index contributed by atoms with van der Waals surface area (Å²) in [5, 5.41) is 8.96. The summed E-state index contributed by atoms with van der Waals surface area (Å²) in [6.07, 6.45) is 0.820. The molecular weight excluding hydrogens is 184 g/mol. The van der Waals surface area contributed by atoms with Crippen LogP contribution in [0.4, 0.5) is 4.79 Å². The van der Waals surface area contributed by atoms with Gasteiger partial charge in [-0.15, -0.1) is 0 Å². The molecule has 1 rings (SSSR count). The van der Waals surface area contributed by atoms with E-state index in [2.05, 4.69) is 0 Å². The van der Waals surface area contributed by atoms with E-state index in [9.17, 15) is 9.59 Å². The molecule has 0 bridgehead atoms. The van der Waals surface area contributed by atoms with Gasteiger partial charge in [-0.2, -0.15) is 0 Å². The Hall–Kier alpha value is -1.26. The standard InChI is InChI=1S/C9H16N2O3/c1-5-3-6(2)7(8(12)13)11(4-5)9(10)14/h5-7H,3-4H2,1-2H3,(H2,10,14)(H,12,13). The maximum atomic E-state index is 11.0. The molecule has 3 unspecified atom stereocenters. The molecule has 0 aliphatic carbocycles. The van der Waals surface area contributed by atoms with Gasteiger partial charge in [-0.25, -0.2) is 9.59 Å². The number of carbonyl (C=O) groups is 2. The van der Waals surface area contributed by atoms with Crippen LogP contribution in [0.1, 0.15) is 20.3 Å². The zero-order valence-corrected chi connectivity index (χ0v) is 8.43. The third kappa shape index (κ3) is 1.97. The van der Waals surface area contributed by atoms with Crippen LogP contribution in [0.3, 0.4) is 0 Å². The molecule has 2 amide bonds. The summed E-state index contributed by atoms with van der Waals surface area (Å²) in [5.41, 5.74) is 5.14. The summed E-state index contributed by atoms with van der Waals surface area (Å²) in [5.74, 6) is -0.694. The minimum atomic E-state index is -0.969. The second kappa shape index (κ2) is 3.86. The van der Waals surface area contributed by atoms with E-state index in [0.29, 0.717) is 12.5 Å². The lowest BCUT2D eigenvalue weighted by Gasteiger charge is -2.39. The van der Waals surface area contributed by atoms with Crippen LogP contribution in [-0.4, -0.2) is 34.6 Å². The van der Waals surface area contributed by atoms with Crippen molar-refractivity contribution in [3.63, 3.8) is 0 Å². The molecule has 0 aromatic rings. The van der Waals surface area contributed by atoms with Crippen molar-refractivity contribution in [2.45, 2.75) is 26.3 Å². The van der Waals surface area contributed by atoms with Crippen LogP contribution in [0.25, 0.3) is 0 Å². The highest BCUT2D eigenvalue weighted by molar-refractivity contribution is 5.82. The minimum Gasteiger partial charge on any atom is -0.480 e. The Labute approximate surface area is 82.9 Å². The molecule has 14 heavy (non-hydrogen) atoms. The van der Waals surface area contributed by atoms with Crippen LogP contribution in [0.5, 0.6) is 0 Å². The molecule has 5 nitrogen and oxygen atoms in total. The number of rotatable bonds is 1. The molecule has 1 saturated heterocycles. The van der Waals surface area contributed by atoms with E-state index in [0.717, 1.165) is 6.42 Å². The van der Waals surface area contributed by atoms with Gasteiger partial charge in [-0.05, 0) is 18.3 Å². The maximum Gasteiger partial charge on any atom is 0.326 e. The average Bonchev–Trinajstić information content (AvgIpc) is 2.01. The number of carboxylic acid groups (broad SMARTS) is 1. The summed E-state index contributed by atoms with van der Waals surface area (Å²) < 4.78 is 0. The van der Waals surface area contributed by atoms with Gasteiger partial charge >= 0.3 is 12.0 Å². The summed E-state index contributed by atoms with van der Waals surface area (Å²) >= 11 is 0. The topological polar surface area (TPSA) is 83.6 Å². The quantitative estimate of drug-likeness (QED) is 0.646. The number of hydrogen-bond acceptors (Lipinski definition) is 2. The lowest BCUT2D eigenvalue weighted by Crippen LogP contribution is -2.55. The normalized spacial score (nSPS) is 32.7. The van der Waals surface area contributed by atoms with E-state index in [4.69, 9.17) is 10.8 Å². The zero-order chi connectivity index (χ0) is 10.9. The van der Waals surface area contributed by atoms with Crippen molar-refractivity contribution in [2.75, 3.05) is 6.54 Å². The number of carbonyl (C=O) groups excluding carboxylic acids is 1. The zero-order valence-electron chi connectivity index (χ0n) is 8.43. The SMILES string of the molecule is CC1CC(C)C(C(=O)O)N(C(N)=O)C1. The predicted molar refractivity (Wildman–Crippen MR) is 50.7 cm³/mol. The number of nitrogens with two attached hydrogens (primary N) is 1. The number of amides is 2. The smallest absolute Gasteiger partial charge is 0.326 e. The number of piperidine rings is 1. The third-order valence-corrected chi connectivity index (χ3v) is 2.69. The Bertz CT molecular complexity index is 254. The highest BCUT2D eigenvalue weighted by Gasteiger charge is 2.38. The van der Waals surface area contributed by atoms with Gasteiger partial charge in [-0.3, -0.25) is 0 Å². The maximum absolute atomic E-state index is 11.0. The number of hydrogen-bond donors (Lipinski definition) is 2. The van der Waals surface area contributed by atoms with Gasteiger partial charge in [0.15, 0.2) is 0 Å². The molecule has 0 radical (unpaired) electrons. The fraction of sp³-hybridized carbons (Fsp3) is 0.778. The summed E-state index contributed by atoms with van der Waals surface area (Å²) in [6, 6.07) is -1.40. The first-order valence-corrected chi connectivity index (χ1v) is 4.72. The summed E-state index contributed by atoms with van der Waals surface area (Å²) in [7, 11) is 0. The van der Waals surface area contributed by atoms with E-state index in [-0.39, 0.29) is 5.92 Å². The van der Waals surface area contributed by atoms with Gasteiger partial charge in [0, 0.05) is 6.54 Å². The molecule has 5 heteroatoms. The molecular formula is C9H16N2O3. The first kappa shape index (κ1) is 10.8. The molecule has 0 aromatic heterocycles. The van der Waals surface area contributed by atoms with Crippen molar-refractivity contribution in [3.8, 4) is 0 Å². The molecule has 80 valence electrons. The number of urea groups is 1. The molecule has 1 fully saturated rings. The number of likely N-dealkylation sites (tertiary alicyclic amines) is 1. The van der Waals surface area contributed by atoms with Crippen molar-refractivity contribution in [2.24, 2.45) is 17.6 Å². The van der Waals surface area contributed by atoms with E-state index < -0.39 is 18.0 Å². The molecule has 1 heterocycles. The van der Waals surface area contributed by atoms with Crippen LogP contribution in [0.2, 0.25) is 0 Å². The molecule has 1 aliphatic rings. The van der Waals surface area contributed by atoms with E-state index in [1.165, 1.54) is 4.90 Å². The van der Waals surface area contributed by atoms with Crippen LogP contribution in [0, 0.1) is 11.8 Å². The first-order valence-electron chi connectivity index (χ1n) is 4.72. The van der Waals surface area contributed by atoms with E-state index in [1.54, 1.807) is 0 Å². The fourth-order valence-corrected chi connectivity index (χ4v) is 2.20. The van der Waals surface area contributed by atoms with Crippen molar-refractivity contribution < 1.29 is 14.7 Å². The van der Waals surface area contributed by atoms with E-state index in [1.807, 2.05) is 13.8 Å². The highest BCUT2D eigenvalue weighted by Crippen LogP contribution is 2.26. The Morgan fingerprint density at radius 1 is 1.43 bits per heavy atom. The Morgan fingerprint density at radius 2 is 2.00 bits per heavy atom. The largest absolute Gasteiger partial charge is 0.480 e. The van der Waals surface area contributed by atoms with Crippen molar-refractivity contribution in [3.05, 3.63) is 0 Å². The molecule has 3 N–H and O–H groups in total. The minimum absolute atomic E-state index is 0.0382. The average molecular weight is 200 g/mol. The first-order chi connectivity index (χ1) is 6.43. The third-order valence-electron chi connectivity index (χ3n) is 2.69. The highest BCUT2D eigenvalue weighted by atomic mass is 16.4. The fourth-order valence-electron chi connectivity index (χ4n) is 2.20. The number of aliphatic carboxylic acids is 1. The van der Waals surface area contributed by atoms with Gasteiger partial charge in [0.1, 0.15) is 6.04 Å². The summed E-state index contributed by atoms with van der Waals surface area (Å²) in [6.45, 7) is 4.27. The second-order valence-corrected chi connectivity index (χ2v) is 4.09. The number of nitrogens with zero attached hydrogens (tertiary/aromatic N) is 1. The Morgan fingerprint density at radius 3 is 2.43 bits per heavy atom. The lowest BCUT2D eigenvalue weighted by molar-refractivity contribution is -0.145. The predicted octanol–water partition coefficient (Wildman–Crippen LogP) is 0.496. The van der Waals surface area contributed by atoms with Gasteiger partial charge in [0.05, 0.1) is 0 Å². The molecule has 0 aromatic carbocycles. The molecule has 0 spiro atoms. The number of carboxylic acids is 1. The summed E-state index contributed by atoms with van der Waals surface area (Å²) in [4.78, 5) is 23.2. The molecule has 1 aliphatic heterocycles. The van der Waals surface area contributed by atoms with Crippen LogP contribution in [0.15, 0.2) is 0 Å². The van der Waals surface area contributed by atoms with Gasteiger partial charge < -0.3 is 15.7 Å². The molecule has 0 saturated carbocycles. The second-order valence-electron chi connectivity index (χ2n) is 4.09. The Balaban J connectivity index is 2.86. The van der Waals surface area contributed by atoms with E-state index >= 15 is 0 Å². The monoisotopic (exact) mass is 200 g/mol.